The van der Waals surface area contributed by atoms with Crippen molar-refractivity contribution in [2.75, 3.05) is 0 Å². The second kappa shape index (κ2) is 5.70. The largest absolute Gasteiger partial charge is 0.480 e. The van der Waals surface area contributed by atoms with Crippen molar-refractivity contribution in [1.29, 1.82) is 0 Å². The summed E-state index contributed by atoms with van der Waals surface area (Å²) in [6.45, 7) is 0. The molecule has 8 heteroatoms. The van der Waals surface area contributed by atoms with Crippen LogP contribution in [-0.2, 0) is 14.8 Å². The van der Waals surface area contributed by atoms with Crippen LogP contribution in [0.5, 0.6) is 0 Å². The van der Waals surface area contributed by atoms with E-state index in [1.165, 1.54) is 12.3 Å². The maximum absolute atomic E-state index is 12.0. The number of nitrogens with one attached hydrogen (secondary N) is 2. The second-order valence-electron chi connectivity index (χ2n) is 4.76. The Morgan fingerprint density at radius 2 is 2.11 bits per heavy atom. The van der Waals surface area contributed by atoms with Crippen LogP contribution in [0.3, 0.4) is 0 Å². The highest BCUT2D eigenvalue weighted by atomic mass is 32.2. The van der Waals surface area contributed by atoms with Crippen molar-refractivity contribution in [3.63, 3.8) is 0 Å². The van der Waals surface area contributed by atoms with E-state index < -0.39 is 22.0 Å². The zero-order valence-corrected chi connectivity index (χ0v) is 11.2. The topological polar surface area (TPSA) is 112 Å². The SMILES string of the molecule is O=C(O)C(NS(=O)(=O)c1ccn[nH]1)C1CCCCC1. The summed E-state index contributed by atoms with van der Waals surface area (Å²) in [7, 11) is -3.86. The van der Waals surface area contributed by atoms with Crippen LogP contribution >= 0.6 is 0 Å². The van der Waals surface area contributed by atoms with Crippen molar-refractivity contribution in [2.24, 2.45) is 5.92 Å². The standard InChI is InChI=1S/C11H17N3O4S/c15-11(16)10(8-4-2-1-3-5-8)14-19(17,18)9-6-7-12-13-9/h6-8,10,14H,1-5H2,(H,12,13)(H,15,16). The second-order valence-corrected chi connectivity index (χ2v) is 6.44. The van der Waals surface area contributed by atoms with Gasteiger partial charge in [0.25, 0.3) is 10.0 Å². The molecule has 1 aliphatic carbocycles. The number of hydrogen-bond donors (Lipinski definition) is 3. The molecule has 1 saturated carbocycles. The molecule has 1 heterocycles. The molecule has 19 heavy (non-hydrogen) atoms. The molecule has 1 aliphatic rings. The third-order valence-corrected chi connectivity index (χ3v) is 4.80. The van der Waals surface area contributed by atoms with Gasteiger partial charge in [0.1, 0.15) is 6.04 Å². The number of carboxylic acids is 1. The molecule has 0 aromatic carbocycles. The molecule has 1 aromatic rings. The summed E-state index contributed by atoms with van der Waals surface area (Å²) >= 11 is 0. The van der Waals surface area contributed by atoms with Crippen LogP contribution in [0.25, 0.3) is 0 Å². The average molecular weight is 287 g/mol. The minimum atomic E-state index is -3.86. The number of H-pyrrole nitrogens is 1. The van der Waals surface area contributed by atoms with E-state index in [1.807, 2.05) is 0 Å². The van der Waals surface area contributed by atoms with E-state index in [-0.39, 0.29) is 10.9 Å². The first kappa shape index (κ1) is 14.0. The zero-order chi connectivity index (χ0) is 13.9. The Labute approximate surface area is 111 Å². The van der Waals surface area contributed by atoms with Gasteiger partial charge in [-0.25, -0.2) is 8.42 Å². The lowest BCUT2D eigenvalue weighted by atomic mass is 9.84. The summed E-state index contributed by atoms with van der Waals surface area (Å²) in [6, 6.07) is 0.218. The van der Waals surface area contributed by atoms with E-state index in [4.69, 9.17) is 0 Å². The van der Waals surface area contributed by atoms with Gasteiger partial charge >= 0.3 is 5.97 Å². The number of aromatic nitrogens is 2. The molecule has 106 valence electrons. The zero-order valence-electron chi connectivity index (χ0n) is 10.4. The van der Waals surface area contributed by atoms with Gasteiger partial charge in [0, 0.05) is 0 Å². The highest BCUT2D eigenvalue weighted by Crippen LogP contribution is 2.27. The molecule has 7 nitrogen and oxygen atoms in total. The lowest BCUT2D eigenvalue weighted by Gasteiger charge is -2.27. The van der Waals surface area contributed by atoms with E-state index in [1.54, 1.807) is 0 Å². The molecule has 1 atom stereocenters. The molecule has 0 bridgehead atoms. The summed E-state index contributed by atoms with van der Waals surface area (Å²) in [4.78, 5) is 11.3. The molecule has 0 spiro atoms. The van der Waals surface area contributed by atoms with Crippen molar-refractivity contribution in [1.82, 2.24) is 14.9 Å². The van der Waals surface area contributed by atoms with Crippen LogP contribution in [0.2, 0.25) is 0 Å². The van der Waals surface area contributed by atoms with Crippen LogP contribution in [0.15, 0.2) is 17.3 Å². The van der Waals surface area contributed by atoms with Gasteiger partial charge in [0.05, 0.1) is 6.20 Å². The molecule has 3 N–H and O–H groups in total. The minimum Gasteiger partial charge on any atom is -0.480 e. The smallest absolute Gasteiger partial charge is 0.322 e. The van der Waals surface area contributed by atoms with Gasteiger partial charge in [-0.15, -0.1) is 0 Å². The van der Waals surface area contributed by atoms with Gasteiger partial charge in [-0.1, -0.05) is 19.3 Å². The number of aliphatic carboxylic acids is 1. The Balaban J connectivity index is 2.15. The van der Waals surface area contributed by atoms with Gasteiger partial charge in [-0.05, 0) is 24.8 Å². The fourth-order valence-corrected chi connectivity index (χ4v) is 3.61. The van der Waals surface area contributed by atoms with Crippen LogP contribution < -0.4 is 4.72 Å². The number of carboxylic acid groups (broad SMARTS) is 1. The summed E-state index contributed by atoms with van der Waals surface area (Å²) < 4.78 is 26.3. The van der Waals surface area contributed by atoms with Gasteiger partial charge in [0.2, 0.25) is 0 Å². The number of nitrogens with zero attached hydrogens (tertiary/aromatic N) is 1. The number of aromatic amines is 1. The van der Waals surface area contributed by atoms with Crippen molar-refractivity contribution in [3.05, 3.63) is 12.3 Å². The van der Waals surface area contributed by atoms with Gasteiger partial charge in [-0.3, -0.25) is 9.89 Å². The van der Waals surface area contributed by atoms with E-state index in [9.17, 15) is 18.3 Å². The Morgan fingerprint density at radius 3 is 2.63 bits per heavy atom. The van der Waals surface area contributed by atoms with Gasteiger partial charge in [0.15, 0.2) is 5.03 Å². The summed E-state index contributed by atoms with van der Waals surface area (Å²) in [5.41, 5.74) is 0. The molecule has 1 aromatic heterocycles. The molecule has 0 amide bonds. The molecule has 1 fully saturated rings. The average Bonchev–Trinajstić information content (AvgIpc) is 2.91. The first-order chi connectivity index (χ1) is 9.00. The van der Waals surface area contributed by atoms with Crippen molar-refractivity contribution in [3.8, 4) is 0 Å². The van der Waals surface area contributed by atoms with Crippen molar-refractivity contribution < 1.29 is 18.3 Å². The van der Waals surface area contributed by atoms with Crippen LogP contribution in [0.4, 0.5) is 0 Å². The lowest BCUT2D eigenvalue weighted by molar-refractivity contribution is -0.140. The third kappa shape index (κ3) is 3.32. The quantitative estimate of drug-likeness (QED) is 0.738. The van der Waals surface area contributed by atoms with Crippen LogP contribution in [0.1, 0.15) is 32.1 Å². The first-order valence-corrected chi connectivity index (χ1v) is 7.73. The Kier molecular flexibility index (Phi) is 4.20. The molecule has 0 aliphatic heterocycles. The van der Waals surface area contributed by atoms with E-state index >= 15 is 0 Å². The molecule has 0 saturated heterocycles. The Hall–Kier alpha value is -1.41. The van der Waals surface area contributed by atoms with E-state index in [0.29, 0.717) is 0 Å². The fraction of sp³-hybridized carbons (Fsp3) is 0.636. The molecule has 0 radical (unpaired) electrons. The predicted octanol–water partition coefficient (Wildman–Crippen LogP) is 0.721. The Bertz CT molecular complexity index is 520. The normalized spacial score (nSPS) is 19.2. The van der Waals surface area contributed by atoms with Gasteiger partial charge in [-0.2, -0.15) is 9.82 Å². The summed E-state index contributed by atoms with van der Waals surface area (Å²) in [5.74, 6) is -1.28. The van der Waals surface area contributed by atoms with E-state index in [0.717, 1.165) is 32.1 Å². The number of rotatable bonds is 5. The van der Waals surface area contributed by atoms with Gasteiger partial charge < -0.3 is 5.11 Å². The van der Waals surface area contributed by atoms with Crippen LogP contribution in [0, 0.1) is 5.92 Å². The highest BCUT2D eigenvalue weighted by Gasteiger charge is 2.33. The lowest BCUT2D eigenvalue weighted by Crippen LogP contribution is -2.46. The van der Waals surface area contributed by atoms with Crippen molar-refractivity contribution >= 4 is 16.0 Å². The minimum absolute atomic E-state index is 0.116. The molecule has 2 rings (SSSR count). The summed E-state index contributed by atoms with van der Waals surface area (Å²) in [5, 5.41) is 15.0. The summed E-state index contributed by atoms with van der Waals surface area (Å²) in [6.07, 6.45) is 5.76. The molecule has 1 unspecified atom stereocenters. The molecular weight excluding hydrogens is 270 g/mol. The van der Waals surface area contributed by atoms with Crippen molar-refractivity contribution in [2.45, 2.75) is 43.2 Å². The predicted molar refractivity (Wildman–Crippen MR) is 66.9 cm³/mol. The number of carbonyl (C=O) groups is 1. The van der Waals surface area contributed by atoms with E-state index in [2.05, 4.69) is 14.9 Å². The first-order valence-electron chi connectivity index (χ1n) is 6.25. The Morgan fingerprint density at radius 1 is 1.42 bits per heavy atom. The highest BCUT2D eigenvalue weighted by molar-refractivity contribution is 7.89. The maximum atomic E-state index is 12.0. The monoisotopic (exact) mass is 287 g/mol. The molecular formula is C11H17N3O4S. The third-order valence-electron chi connectivity index (χ3n) is 3.43. The number of sulfonamides is 1. The maximum Gasteiger partial charge on any atom is 0.322 e. The fourth-order valence-electron chi connectivity index (χ4n) is 2.44. The van der Waals surface area contributed by atoms with Crippen LogP contribution in [-0.4, -0.2) is 35.7 Å². The number of hydrogen-bond acceptors (Lipinski definition) is 4.